The zero-order chi connectivity index (χ0) is 19.7. The summed E-state index contributed by atoms with van der Waals surface area (Å²) in [6.45, 7) is 8.20. The fourth-order valence-corrected chi connectivity index (χ4v) is 3.48. The Kier molecular flexibility index (Phi) is 4.75. The molecule has 0 fully saturated rings. The van der Waals surface area contributed by atoms with Crippen molar-refractivity contribution in [2.75, 3.05) is 6.54 Å². The summed E-state index contributed by atoms with van der Waals surface area (Å²) < 4.78 is 3.95. The molecule has 3 heterocycles. The number of fused-ring (bicyclic) bond motifs is 1. The number of nitrogens with zero attached hydrogens (tertiary/aromatic N) is 6. The Balaban J connectivity index is 1.43. The van der Waals surface area contributed by atoms with Crippen LogP contribution in [0.3, 0.4) is 0 Å². The standard InChI is InChI=1S/C21H26N6O/c1-21(2,3)27-14-18(23-24-27)20(28)25-12-10-19-17(13-25)22-15-26(19)11-9-16-7-5-4-6-8-16/h4-8,14-15H,9-13H2,1-3H3. The molecule has 0 saturated heterocycles. The van der Waals surface area contributed by atoms with E-state index in [1.54, 1.807) is 10.9 Å². The Hall–Kier alpha value is -2.96. The highest BCUT2D eigenvalue weighted by Crippen LogP contribution is 2.20. The van der Waals surface area contributed by atoms with Crippen LogP contribution in [0.5, 0.6) is 0 Å². The van der Waals surface area contributed by atoms with Crippen LogP contribution in [0.4, 0.5) is 0 Å². The molecule has 0 bridgehead atoms. The maximum absolute atomic E-state index is 12.8. The van der Waals surface area contributed by atoms with E-state index >= 15 is 0 Å². The lowest BCUT2D eigenvalue weighted by Gasteiger charge is -2.26. The maximum Gasteiger partial charge on any atom is 0.276 e. The molecule has 0 aliphatic carbocycles. The van der Waals surface area contributed by atoms with E-state index in [-0.39, 0.29) is 11.4 Å². The fourth-order valence-electron chi connectivity index (χ4n) is 3.48. The summed E-state index contributed by atoms with van der Waals surface area (Å²) >= 11 is 0. The Morgan fingerprint density at radius 2 is 1.96 bits per heavy atom. The molecule has 1 aliphatic heterocycles. The minimum Gasteiger partial charge on any atom is -0.334 e. The van der Waals surface area contributed by atoms with Crippen LogP contribution >= 0.6 is 0 Å². The first-order chi connectivity index (χ1) is 13.4. The van der Waals surface area contributed by atoms with Crippen LogP contribution in [0, 0.1) is 0 Å². The number of carbonyl (C=O) groups excluding carboxylic acids is 1. The molecule has 3 aromatic rings. The quantitative estimate of drug-likeness (QED) is 0.700. The van der Waals surface area contributed by atoms with Crippen molar-refractivity contribution in [2.45, 2.75) is 52.2 Å². The second kappa shape index (κ2) is 7.22. The number of aromatic nitrogens is 5. The highest BCUT2D eigenvalue weighted by molar-refractivity contribution is 5.92. The van der Waals surface area contributed by atoms with E-state index < -0.39 is 0 Å². The second-order valence-corrected chi connectivity index (χ2v) is 8.26. The first-order valence-corrected chi connectivity index (χ1v) is 9.71. The number of amides is 1. The molecular formula is C21H26N6O. The first kappa shape index (κ1) is 18.4. The van der Waals surface area contributed by atoms with Crippen LogP contribution in [0.15, 0.2) is 42.9 Å². The zero-order valence-corrected chi connectivity index (χ0v) is 16.7. The molecule has 0 atom stereocenters. The Labute approximate surface area is 165 Å². The van der Waals surface area contributed by atoms with E-state index in [1.165, 1.54) is 11.3 Å². The van der Waals surface area contributed by atoms with Gasteiger partial charge in [-0.25, -0.2) is 9.67 Å². The fraction of sp³-hybridized carbons (Fsp3) is 0.429. The predicted octanol–water partition coefficient (Wildman–Crippen LogP) is 2.67. The summed E-state index contributed by atoms with van der Waals surface area (Å²) in [6.07, 6.45) is 5.42. The van der Waals surface area contributed by atoms with Crippen LogP contribution < -0.4 is 0 Å². The second-order valence-electron chi connectivity index (χ2n) is 8.26. The topological polar surface area (TPSA) is 68.8 Å². The molecule has 146 valence electrons. The molecule has 1 aromatic carbocycles. The van der Waals surface area contributed by atoms with Gasteiger partial charge in [0, 0.05) is 25.2 Å². The monoisotopic (exact) mass is 378 g/mol. The van der Waals surface area contributed by atoms with E-state index in [2.05, 4.69) is 44.1 Å². The van der Waals surface area contributed by atoms with Crippen molar-refractivity contribution in [3.63, 3.8) is 0 Å². The van der Waals surface area contributed by atoms with Gasteiger partial charge < -0.3 is 9.47 Å². The van der Waals surface area contributed by atoms with Crippen molar-refractivity contribution in [2.24, 2.45) is 0 Å². The van der Waals surface area contributed by atoms with Crippen LogP contribution in [-0.2, 0) is 31.5 Å². The molecule has 7 nitrogen and oxygen atoms in total. The predicted molar refractivity (Wildman–Crippen MR) is 106 cm³/mol. The third-order valence-electron chi connectivity index (χ3n) is 5.16. The van der Waals surface area contributed by atoms with Gasteiger partial charge in [-0.1, -0.05) is 35.5 Å². The molecule has 1 amide bonds. The molecule has 0 spiro atoms. The lowest BCUT2D eigenvalue weighted by molar-refractivity contribution is 0.0725. The average molecular weight is 378 g/mol. The summed E-state index contributed by atoms with van der Waals surface area (Å²) in [5.74, 6) is -0.0833. The molecule has 0 N–H and O–H groups in total. The van der Waals surface area contributed by atoms with Crippen LogP contribution in [0.1, 0.15) is 48.2 Å². The third-order valence-corrected chi connectivity index (χ3v) is 5.16. The molecule has 0 unspecified atom stereocenters. The SMILES string of the molecule is CC(C)(C)n1cc(C(=O)N2CCc3c(ncn3CCc3ccccc3)C2)nn1. The highest BCUT2D eigenvalue weighted by Gasteiger charge is 2.27. The van der Waals surface area contributed by atoms with Crippen molar-refractivity contribution in [3.8, 4) is 0 Å². The summed E-state index contributed by atoms with van der Waals surface area (Å²) in [6, 6.07) is 10.5. The van der Waals surface area contributed by atoms with Crippen molar-refractivity contribution >= 4 is 5.91 Å². The van der Waals surface area contributed by atoms with E-state index in [1.807, 2.05) is 38.1 Å². The van der Waals surface area contributed by atoms with Gasteiger partial charge in [-0.3, -0.25) is 4.79 Å². The lowest BCUT2D eigenvalue weighted by atomic mass is 10.1. The number of benzene rings is 1. The van der Waals surface area contributed by atoms with Gasteiger partial charge >= 0.3 is 0 Å². The number of rotatable bonds is 4. The van der Waals surface area contributed by atoms with Gasteiger partial charge in [-0.2, -0.15) is 0 Å². The van der Waals surface area contributed by atoms with Crippen molar-refractivity contribution < 1.29 is 4.79 Å². The molecule has 2 aromatic heterocycles. The lowest BCUT2D eigenvalue weighted by Crippen LogP contribution is -2.36. The molecule has 1 aliphatic rings. The molecule has 4 rings (SSSR count). The minimum atomic E-state index is -0.196. The number of hydrogen-bond acceptors (Lipinski definition) is 4. The normalized spacial score (nSPS) is 14.2. The van der Waals surface area contributed by atoms with Gasteiger partial charge in [-0.05, 0) is 32.8 Å². The molecular weight excluding hydrogens is 352 g/mol. The first-order valence-electron chi connectivity index (χ1n) is 9.71. The van der Waals surface area contributed by atoms with Gasteiger partial charge in [0.1, 0.15) is 0 Å². The van der Waals surface area contributed by atoms with Gasteiger partial charge in [0.2, 0.25) is 0 Å². The largest absolute Gasteiger partial charge is 0.334 e. The Bertz CT molecular complexity index is 966. The van der Waals surface area contributed by atoms with Crippen LogP contribution in [0.2, 0.25) is 0 Å². The third kappa shape index (κ3) is 3.69. The highest BCUT2D eigenvalue weighted by atomic mass is 16.2. The van der Waals surface area contributed by atoms with E-state index in [0.29, 0.717) is 18.8 Å². The number of aryl methyl sites for hydroxylation is 2. The summed E-state index contributed by atoms with van der Waals surface area (Å²) in [7, 11) is 0. The van der Waals surface area contributed by atoms with Gasteiger partial charge in [-0.15, -0.1) is 5.10 Å². The van der Waals surface area contributed by atoms with Gasteiger partial charge in [0.15, 0.2) is 5.69 Å². The Morgan fingerprint density at radius 1 is 1.18 bits per heavy atom. The van der Waals surface area contributed by atoms with E-state index in [0.717, 1.165) is 25.1 Å². The van der Waals surface area contributed by atoms with E-state index in [4.69, 9.17) is 0 Å². The molecule has 7 heteroatoms. The number of carbonyl (C=O) groups is 1. The summed E-state index contributed by atoms with van der Waals surface area (Å²) in [4.78, 5) is 19.2. The van der Waals surface area contributed by atoms with Crippen molar-refractivity contribution in [1.29, 1.82) is 0 Å². The average Bonchev–Trinajstić information content (AvgIpc) is 3.33. The summed E-state index contributed by atoms with van der Waals surface area (Å²) in [5, 5.41) is 8.18. The van der Waals surface area contributed by atoms with E-state index in [9.17, 15) is 4.79 Å². The van der Waals surface area contributed by atoms with Crippen LogP contribution in [-0.4, -0.2) is 41.9 Å². The van der Waals surface area contributed by atoms with Crippen molar-refractivity contribution in [1.82, 2.24) is 29.4 Å². The van der Waals surface area contributed by atoms with Gasteiger partial charge in [0.25, 0.3) is 5.91 Å². The maximum atomic E-state index is 12.8. The van der Waals surface area contributed by atoms with Gasteiger partial charge in [0.05, 0.1) is 30.3 Å². The number of hydrogen-bond donors (Lipinski definition) is 0. The zero-order valence-electron chi connectivity index (χ0n) is 16.7. The molecule has 28 heavy (non-hydrogen) atoms. The summed E-state index contributed by atoms with van der Waals surface area (Å²) in [5.41, 5.74) is 3.73. The smallest absolute Gasteiger partial charge is 0.276 e. The van der Waals surface area contributed by atoms with Crippen molar-refractivity contribution in [3.05, 3.63) is 65.5 Å². The Morgan fingerprint density at radius 3 is 2.68 bits per heavy atom. The van der Waals surface area contributed by atoms with Crippen LogP contribution in [0.25, 0.3) is 0 Å². The molecule has 0 radical (unpaired) electrons. The number of imidazole rings is 1. The molecule has 0 saturated carbocycles. The minimum absolute atomic E-state index is 0.0833.